The van der Waals surface area contributed by atoms with E-state index in [2.05, 4.69) is 4.98 Å². The number of aromatic nitrogens is 1. The van der Waals surface area contributed by atoms with Crippen molar-refractivity contribution < 1.29 is 18.3 Å². The van der Waals surface area contributed by atoms with E-state index in [9.17, 15) is 13.6 Å². The molecule has 0 spiro atoms. The molecule has 1 rings (SSSR count). The summed E-state index contributed by atoms with van der Waals surface area (Å²) in [5.74, 6) is -0.557. The number of hydrogen-bond donors (Lipinski definition) is 0. The van der Waals surface area contributed by atoms with Gasteiger partial charge in [-0.2, -0.15) is 5.26 Å². The van der Waals surface area contributed by atoms with Crippen LogP contribution in [0.15, 0.2) is 6.07 Å². The van der Waals surface area contributed by atoms with E-state index in [4.69, 9.17) is 10.00 Å². The molecule has 1 aromatic rings. The molecule has 4 nitrogen and oxygen atoms in total. The van der Waals surface area contributed by atoms with E-state index in [-0.39, 0.29) is 35.5 Å². The molecule has 0 aliphatic carbocycles. The predicted molar refractivity (Wildman–Crippen MR) is 59.0 cm³/mol. The van der Waals surface area contributed by atoms with Crippen molar-refractivity contribution in [3.63, 3.8) is 0 Å². The van der Waals surface area contributed by atoms with Crippen molar-refractivity contribution in [3.8, 4) is 6.07 Å². The van der Waals surface area contributed by atoms with E-state index in [1.807, 2.05) is 0 Å². The molecule has 6 heteroatoms. The molecule has 0 saturated heterocycles. The molecule has 0 N–H and O–H groups in total. The highest BCUT2D eigenvalue weighted by molar-refractivity contribution is 5.72. The molecule has 0 saturated carbocycles. The van der Waals surface area contributed by atoms with Gasteiger partial charge in [0.2, 0.25) is 0 Å². The monoisotopic (exact) mass is 254 g/mol. The van der Waals surface area contributed by atoms with Crippen molar-refractivity contribution in [2.24, 2.45) is 0 Å². The smallest absolute Gasteiger partial charge is 0.311 e. The van der Waals surface area contributed by atoms with Crippen LogP contribution < -0.4 is 0 Å². The Labute approximate surface area is 103 Å². The number of alkyl halides is 2. The third-order valence-electron chi connectivity index (χ3n) is 2.34. The number of carbonyl (C=O) groups excluding carboxylic acids is 1. The Morgan fingerprint density at radius 2 is 2.28 bits per heavy atom. The van der Waals surface area contributed by atoms with Gasteiger partial charge in [-0.15, -0.1) is 0 Å². The van der Waals surface area contributed by atoms with Gasteiger partial charge >= 0.3 is 5.97 Å². The van der Waals surface area contributed by atoms with Crippen molar-refractivity contribution in [3.05, 3.63) is 28.6 Å². The van der Waals surface area contributed by atoms with E-state index in [1.165, 1.54) is 6.92 Å². The first kappa shape index (κ1) is 14.0. The highest BCUT2D eigenvalue weighted by Gasteiger charge is 2.17. The van der Waals surface area contributed by atoms with Crippen LogP contribution >= 0.6 is 0 Å². The van der Waals surface area contributed by atoms with E-state index < -0.39 is 12.4 Å². The van der Waals surface area contributed by atoms with Crippen molar-refractivity contribution >= 4 is 5.97 Å². The van der Waals surface area contributed by atoms with Crippen molar-refractivity contribution in [1.82, 2.24) is 4.98 Å². The number of halogens is 2. The Morgan fingerprint density at radius 3 is 2.78 bits per heavy atom. The van der Waals surface area contributed by atoms with Crippen LogP contribution in [0.4, 0.5) is 8.78 Å². The fraction of sp³-hybridized carbons (Fsp3) is 0.417. The zero-order chi connectivity index (χ0) is 13.7. The molecule has 0 aliphatic rings. The quantitative estimate of drug-likeness (QED) is 0.773. The number of hydrogen-bond acceptors (Lipinski definition) is 4. The van der Waals surface area contributed by atoms with Gasteiger partial charge in [-0.1, -0.05) is 0 Å². The van der Waals surface area contributed by atoms with E-state index in [0.29, 0.717) is 0 Å². The van der Waals surface area contributed by atoms with Gasteiger partial charge in [0.05, 0.1) is 18.7 Å². The molecule has 1 aromatic heterocycles. The summed E-state index contributed by atoms with van der Waals surface area (Å²) in [5, 5.41) is 8.81. The Bertz CT molecular complexity index is 496. The lowest BCUT2D eigenvalue weighted by Crippen LogP contribution is -2.10. The minimum Gasteiger partial charge on any atom is -0.466 e. The summed E-state index contributed by atoms with van der Waals surface area (Å²) < 4.78 is 30.2. The number of nitriles is 1. The molecule has 1 heterocycles. The highest BCUT2D eigenvalue weighted by atomic mass is 19.3. The normalized spacial score (nSPS) is 10.2. The summed E-state index contributed by atoms with van der Waals surface area (Å²) in [4.78, 5) is 15.1. The zero-order valence-electron chi connectivity index (χ0n) is 10.0. The van der Waals surface area contributed by atoms with Crippen LogP contribution in [0, 0.1) is 18.3 Å². The zero-order valence-corrected chi connectivity index (χ0v) is 10.0. The number of carbonyl (C=O) groups is 1. The van der Waals surface area contributed by atoms with E-state index >= 15 is 0 Å². The molecule has 0 unspecified atom stereocenters. The van der Waals surface area contributed by atoms with Crippen LogP contribution in [-0.2, 0) is 16.0 Å². The molecule has 18 heavy (non-hydrogen) atoms. The van der Waals surface area contributed by atoms with Gasteiger partial charge in [0.1, 0.15) is 11.8 Å². The minimum absolute atomic E-state index is 0.0906. The van der Waals surface area contributed by atoms with Gasteiger partial charge in [0.25, 0.3) is 6.43 Å². The van der Waals surface area contributed by atoms with Crippen LogP contribution in [-0.4, -0.2) is 17.6 Å². The third-order valence-corrected chi connectivity index (χ3v) is 2.34. The first-order valence-electron chi connectivity index (χ1n) is 5.33. The van der Waals surface area contributed by atoms with Crippen molar-refractivity contribution in [2.45, 2.75) is 26.7 Å². The van der Waals surface area contributed by atoms with Crippen molar-refractivity contribution in [1.29, 1.82) is 5.26 Å². The molecule has 0 atom stereocenters. The summed E-state index contributed by atoms with van der Waals surface area (Å²) in [5.41, 5.74) is -0.112. The summed E-state index contributed by atoms with van der Waals surface area (Å²) >= 11 is 0. The van der Waals surface area contributed by atoms with E-state index in [0.717, 1.165) is 6.07 Å². The van der Waals surface area contributed by atoms with Crippen LogP contribution in [0.1, 0.15) is 35.9 Å². The summed E-state index contributed by atoms with van der Waals surface area (Å²) in [6.07, 6.45) is -2.93. The average Bonchev–Trinajstić information content (AvgIpc) is 2.31. The van der Waals surface area contributed by atoms with Gasteiger partial charge in [-0.3, -0.25) is 4.79 Å². The number of pyridine rings is 1. The van der Waals surface area contributed by atoms with Crippen molar-refractivity contribution in [2.75, 3.05) is 6.61 Å². The Kier molecular flexibility index (Phi) is 4.72. The number of rotatable bonds is 4. The molecular weight excluding hydrogens is 242 g/mol. The Hall–Kier alpha value is -2.03. The molecule has 0 radical (unpaired) electrons. The minimum atomic E-state index is -2.71. The first-order valence-corrected chi connectivity index (χ1v) is 5.33. The molecule has 0 aliphatic heterocycles. The molecule has 0 aromatic carbocycles. The largest absolute Gasteiger partial charge is 0.466 e. The fourth-order valence-electron chi connectivity index (χ4n) is 1.47. The van der Waals surface area contributed by atoms with E-state index in [1.54, 1.807) is 13.0 Å². The second kappa shape index (κ2) is 6.05. The van der Waals surface area contributed by atoms with Crippen LogP contribution in [0.25, 0.3) is 0 Å². The van der Waals surface area contributed by atoms with Crippen LogP contribution in [0.2, 0.25) is 0 Å². The van der Waals surface area contributed by atoms with Gasteiger partial charge in [-0.25, -0.2) is 13.8 Å². The van der Waals surface area contributed by atoms with Gasteiger partial charge in [0.15, 0.2) is 0 Å². The van der Waals surface area contributed by atoms with Crippen LogP contribution in [0.3, 0.4) is 0 Å². The molecule has 0 amide bonds. The summed E-state index contributed by atoms with van der Waals surface area (Å²) in [6, 6.07) is 2.88. The van der Waals surface area contributed by atoms with Gasteiger partial charge in [0, 0.05) is 5.56 Å². The maximum atomic E-state index is 12.8. The lowest BCUT2D eigenvalue weighted by atomic mass is 10.1. The average molecular weight is 254 g/mol. The molecule has 0 fully saturated rings. The number of nitrogens with zero attached hydrogens (tertiary/aromatic N) is 2. The first-order chi connectivity index (χ1) is 8.49. The lowest BCUT2D eigenvalue weighted by Gasteiger charge is -2.09. The molecule has 96 valence electrons. The topological polar surface area (TPSA) is 63.0 Å². The maximum Gasteiger partial charge on any atom is 0.311 e. The second-order valence-electron chi connectivity index (χ2n) is 3.57. The summed E-state index contributed by atoms with van der Waals surface area (Å²) in [6.45, 7) is 3.25. The predicted octanol–water partition coefficient (Wildman–Crippen LogP) is 2.30. The molecular formula is C12H12F2N2O2. The van der Waals surface area contributed by atoms with Gasteiger partial charge < -0.3 is 4.74 Å². The highest BCUT2D eigenvalue weighted by Crippen LogP contribution is 2.25. The number of esters is 1. The van der Waals surface area contributed by atoms with Gasteiger partial charge in [-0.05, 0) is 25.5 Å². The third kappa shape index (κ3) is 3.23. The van der Waals surface area contributed by atoms with Crippen LogP contribution in [0.5, 0.6) is 0 Å². The molecule has 0 bridgehead atoms. The maximum absolute atomic E-state index is 12.8. The Balaban J connectivity index is 3.11. The SMILES string of the molecule is CCOC(=O)Cc1cc(C(F)F)c(C)c(C#N)n1. The second-order valence-corrected chi connectivity index (χ2v) is 3.57. The fourth-order valence-corrected chi connectivity index (χ4v) is 1.47. The Morgan fingerprint density at radius 1 is 1.61 bits per heavy atom. The number of ether oxygens (including phenoxy) is 1. The summed E-state index contributed by atoms with van der Waals surface area (Å²) in [7, 11) is 0. The standard InChI is InChI=1S/C12H12F2N2O2/c1-3-18-11(17)5-8-4-9(12(13)14)7(2)10(6-15)16-8/h4,12H,3,5H2,1-2H3. The lowest BCUT2D eigenvalue weighted by molar-refractivity contribution is -0.142.